The third kappa shape index (κ3) is 3.73. The fourth-order valence-electron chi connectivity index (χ4n) is 1.30. The molecule has 0 atom stereocenters. The first kappa shape index (κ1) is 13.5. The van der Waals surface area contributed by atoms with Crippen molar-refractivity contribution in [3.8, 4) is 5.75 Å². The Kier molecular flexibility index (Phi) is 4.49. The van der Waals surface area contributed by atoms with Crippen LogP contribution >= 0.6 is 0 Å². The third-order valence-corrected chi connectivity index (χ3v) is 2.66. The van der Waals surface area contributed by atoms with Gasteiger partial charge in [-0.3, -0.25) is 4.79 Å². The quantitative estimate of drug-likeness (QED) is 0.807. The molecule has 1 amide bonds. The molecule has 0 radical (unpaired) electrons. The largest absolute Gasteiger partial charge is 0.483 e. The van der Waals surface area contributed by atoms with Crippen LogP contribution in [-0.2, 0) is 4.79 Å². The van der Waals surface area contributed by atoms with E-state index in [1.807, 2.05) is 13.8 Å². The molecule has 17 heavy (non-hydrogen) atoms. The van der Waals surface area contributed by atoms with Gasteiger partial charge in [0.1, 0.15) is 11.6 Å². The highest BCUT2D eigenvalue weighted by molar-refractivity contribution is 5.77. The number of hydrogen-bond acceptors (Lipinski definition) is 2. The van der Waals surface area contributed by atoms with Crippen molar-refractivity contribution in [2.75, 3.05) is 13.7 Å². The van der Waals surface area contributed by atoms with Gasteiger partial charge in [-0.15, -0.1) is 0 Å². The lowest BCUT2D eigenvalue weighted by molar-refractivity contribution is -0.133. The van der Waals surface area contributed by atoms with Gasteiger partial charge in [0.2, 0.25) is 0 Å². The number of carbonyl (C=O) groups is 1. The van der Waals surface area contributed by atoms with Gasteiger partial charge in [-0.1, -0.05) is 0 Å². The number of likely N-dealkylation sites (N-methyl/N-ethyl adjacent to an activating group) is 1. The monoisotopic (exact) mass is 239 g/mol. The molecule has 0 unspecified atom stereocenters. The predicted molar refractivity (Wildman–Crippen MR) is 64.5 cm³/mol. The Hall–Kier alpha value is -1.58. The number of benzene rings is 1. The van der Waals surface area contributed by atoms with E-state index in [1.54, 1.807) is 18.9 Å². The van der Waals surface area contributed by atoms with Crippen LogP contribution in [0.3, 0.4) is 0 Å². The highest BCUT2D eigenvalue weighted by atomic mass is 19.1. The maximum atomic E-state index is 12.8. The maximum absolute atomic E-state index is 12.8. The second-order valence-corrected chi connectivity index (χ2v) is 4.30. The van der Waals surface area contributed by atoms with Crippen LogP contribution in [0.4, 0.5) is 4.39 Å². The molecule has 1 aromatic carbocycles. The van der Waals surface area contributed by atoms with Crippen LogP contribution < -0.4 is 4.74 Å². The molecule has 94 valence electrons. The summed E-state index contributed by atoms with van der Waals surface area (Å²) in [6, 6.07) is 4.37. The van der Waals surface area contributed by atoms with E-state index in [-0.39, 0.29) is 24.4 Å². The number of hydrogen-bond donors (Lipinski definition) is 0. The molecule has 0 aliphatic rings. The zero-order valence-electron chi connectivity index (χ0n) is 10.7. The van der Waals surface area contributed by atoms with Gasteiger partial charge in [0, 0.05) is 13.1 Å². The van der Waals surface area contributed by atoms with Crippen molar-refractivity contribution in [2.45, 2.75) is 26.8 Å². The van der Waals surface area contributed by atoms with E-state index in [4.69, 9.17) is 4.74 Å². The third-order valence-electron chi connectivity index (χ3n) is 2.66. The summed E-state index contributed by atoms with van der Waals surface area (Å²) in [6.07, 6.45) is 0. The van der Waals surface area contributed by atoms with Crippen LogP contribution in [0.1, 0.15) is 19.4 Å². The number of rotatable bonds is 4. The molecule has 4 heteroatoms. The molecule has 0 bridgehead atoms. The Bertz CT molecular complexity index is 404. The first-order valence-electron chi connectivity index (χ1n) is 5.56. The van der Waals surface area contributed by atoms with E-state index in [0.717, 1.165) is 0 Å². The van der Waals surface area contributed by atoms with E-state index in [9.17, 15) is 9.18 Å². The number of carbonyl (C=O) groups excluding carboxylic acids is 1. The van der Waals surface area contributed by atoms with Gasteiger partial charge in [-0.05, 0) is 44.5 Å². The Morgan fingerprint density at radius 1 is 1.47 bits per heavy atom. The van der Waals surface area contributed by atoms with E-state index >= 15 is 0 Å². The van der Waals surface area contributed by atoms with Crippen LogP contribution in [0.5, 0.6) is 5.75 Å². The molecule has 1 aromatic rings. The van der Waals surface area contributed by atoms with Gasteiger partial charge < -0.3 is 9.64 Å². The maximum Gasteiger partial charge on any atom is 0.260 e. The average molecular weight is 239 g/mol. The fourth-order valence-corrected chi connectivity index (χ4v) is 1.30. The number of amides is 1. The first-order valence-corrected chi connectivity index (χ1v) is 5.56. The van der Waals surface area contributed by atoms with Crippen LogP contribution in [0.2, 0.25) is 0 Å². The summed E-state index contributed by atoms with van der Waals surface area (Å²) in [5.41, 5.74) is 0.685. The molecule has 0 spiro atoms. The van der Waals surface area contributed by atoms with Gasteiger partial charge in [0.15, 0.2) is 6.61 Å². The Labute approximate surface area is 101 Å². The van der Waals surface area contributed by atoms with E-state index in [2.05, 4.69) is 0 Å². The van der Waals surface area contributed by atoms with Crippen LogP contribution in [0.25, 0.3) is 0 Å². The van der Waals surface area contributed by atoms with Crippen LogP contribution in [0, 0.1) is 12.7 Å². The lowest BCUT2D eigenvalue weighted by Crippen LogP contribution is -2.36. The van der Waals surface area contributed by atoms with Gasteiger partial charge in [0.25, 0.3) is 5.91 Å². The average Bonchev–Trinajstić information content (AvgIpc) is 2.26. The molecule has 0 saturated heterocycles. The van der Waals surface area contributed by atoms with Gasteiger partial charge >= 0.3 is 0 Å². The normalized spacial score (nSPS) is 10.5. The summed E-state index contributed by atoms with van der Waals surface area (Å²) in [7, 11) is 1.73. The molecule has 0 aliphatic heterocycles. The summed E-state index contributed by atoms with van der Waals surface area (Å²) in [5.74, 6) is 0.140. The molecule has 1 rings (SSSR count). The van der Waals surface area contributed by atoms with Crippen molar-refractivity contribution in [3.05, 3.63) is 29.6 Å². The van der Waals surface area contributed by atoms with Gasteiger partial charge in [-0.2, -0.15) is 0 Å². The minimum atomic E-state index is -0.305. The molecular weight excluding hydrogens is 221 g/mol. The Morgan fingerprint density at radius 2 is 2.12 bits per heavy atom. The van der Waals surface area contributed by atoms with Crippen molar-refractivity contribution < 1.29 is 13.9 Å². The fraction of sp³-hybridized carbons (Fsp3) is 0.462. The molecule has 0 aliphatic carbocycles. The van der Waals surface area contributed by atoms with Crippen molar-refractivity contribution in [3.63, 3.8) is 0 Å². The summed E-state index contributed by atoms with van der Waals surface area (Å²) < 4.78 is 18.2. The standard InChI is InChI=1S/C13H18FNO2/c1-9(2)15(4)13(16)8-17-12-6-5-11(14)7-10(12)3/h5-7,9H,8H2,1-4H3. The molecule has 0 aromatic heterocycles. The summed E-state index contributed by atoms with van der Waals surface area (Å²) >= 11 is 0. The van der Waals surface area contributed by atoms with Crippen LogP contribution in [-0.4, -0.2) is 30.5 Å². The zero-order chi connectivity index (χ0) is 13.0. The minimum absolute atomic E-state index is 0.0266. The van der Waals surface area contributed by atoms with E-state index < -0.39 is 0 Å². The highest BCUT2D eigenvalue weighted by Crippen LogP contribution is 2.18. The Balaban J connectivity index is 2.59. The zero-order valence-corrected chi connectivity index (χ0v) is 10.7. The van der Waals surface area contributed by atoms with E-state index in [0.29, 0.717) is 11.3 Å². The minimum Gasteiger partial charge on any atom is -0.483 e. The second kappa shape index (κ2) is 5.66. The predicted octanol–water partition coefficient (Wildman–Crippen LogP) is 2.38. The molecule has 0 heterocycles. The Morgan fingerprint density at radius 3 is 2.65 bits per heavy atom. The van der Waals surface area contributed by atoms with Crippen molar-refractivity contribution in [2.24, 2.45) is 0 Å². The van der Waals surface area contributed by atoms with Gasteiger partial charge in [-0.25, -0.2) is 4.39 Å². The number of nitrogens with zero attached hydrogens (tertiary/aromatic N) is 1. The van der Waals surface area contributed by atoms with E-state index in [1.165, 1.54) is 18.2 Å². The molecular formula is C13H18FNO2. The van der Waals surface area contributed by atoms with Crippen molar-refractivity contribution >= 4 is 5.91 Å². The number of ether oxygens (including phenoxy) is 1. The lowest BCUT2D eigenvalue weighted by Gasteiger charge is -2.21. The lowest BCUT2D eigenvalue weighted by atomic mass is 10.2. The van der Waals surface area contributed by atoms with Crippen LogP contribution in [0.15, 0.2) is 18.2 Å². The smallest absolute Gasteiger partial charge is 0.260 e. The van der Waals surface area contributed by atoms with Crippen molar-refractivity contribution in [1.29, 1.82) is 0 Å². The molecule has 0 N–H and O–H groups in total. The number of aryl methyl sites for hydroxylation is 1. The van der Waals surface area contributed by atoms with Crippen molar-refractivity contribution in [1.82, 2.24) is 4.90 Å². The molecule has 3 nitrogen and oxygen atoms in total. The second-order valence-electron chi connectivity index (χ2n) is 4.30. The van der Waals surface area contributed by atoms with Gasteiger partial charge in [0.05, 0.1) is 0 Å². The molecule has 0 saturated carbocycles. The SMILES string of the molecule is Cc1cc(F)ccc1OCC(=O)N(C)C(C)C. The highest BCUT2D eigenvalue weighted by Gasteiger charge is 2.13. The topological polar surface area (TPSA) is 29.5 Å². The summed E-state index contributed by atoms with van der Waals surface area (Å²) in [5, 5.41) is 0. The summed E-state index contributed by atoms with van der Waals surface area (Å²) in [6.45, 7) is 5.58. The molecule has 0 fully saturated rings. The number of halogens is 1. The first-order chi connectivity index (χ1) is 7.91. The summed E-state index contributed by atoms with van der Waals surface area (Å²) in [4.78, 5) is 13.3.